The number of hydrogen-bond acceptors (Lipinski definition) is 3. The molecule has 2 aromatic carbocycles. The standard InChI is InChI=1S/C19H25N3O2.HI/c1-20-19(21-12-16-10-6-7-11-18(16)24-2)22-13-17(14-23)15-8-4-3-5-9-15;/h3-11,17,23H,12-14H2,1-2H3,(H2,20,21,22);1H. The fourth-order valence-electron chi connectivity index (χ4n) is 2.48. The van der Waals surface area contributed by atoms with Crippen LogP contribution < -0.4 is 15.4 Å². The fraction of sp³-hybridized carbons (Fsp3) is 0.316. The molecule has 25 heavy (non-hydrogen) atoms. The van der Waals surface area contributed by atoms with Crippen molar-refractivity contribution in [2.45, 2.75) is 12.5 Å². The number of aliphatic hydroxyl groups excluding tert-OH is 1. The Morgan fingerprint density at radius 3 is 2.40 bits per heavy atom. The second kappa shape index (κ2) is 11.7. The van der Waals surface area contributed by atoms with Crippen LogP contribution in [-0.4, -0.2) is 38.4 Å². The monoisotopic (exact) mass is 455 g/mol. The van der Waals surface area contributed by atoms with E-state index in [0.29, 0.717) is 19.0 Å². The third kappa shape index (κ3) is 6.55. The van der Waals surface area contributed by atoms with Gasteiger partial charge in [0.15, 0.2) is 5.96 Å². The number of para-hydroxylation sites is 1. The highest BCUT2D eigenvalue weighted by Gasteiger charge is 2.11. The number of ether oxygens (including phenoxy) is 1. The van der Waals surface area contributed by atoms with Crippen LogP contribution in [0, 0.1) is 0 Å². The van der Waals surface area contributed by atoms with Crippen molar-refractivity contribution in [3.63, 3.8) is 0 Å². The van der Waals surface area contributed by atoms with Gasteiger partial charge in [-0.05, 0) is 11.6 Å². The molecule has 0 aromatic heterocycles. The summed E-state index contributed by atoms with van der Waals surface area (Å²) in [6.45, 7) is 1.30. The van der Waals surface area contributed by atoms with Crippen LogP contribution >= 0.6 is 24.0 Å². The number of aliphatic hydroxyl groups is 1. The fourth-order valence-corrected chi connectivity index (χ4v) is 2.48. The van der Waals surface area contributed by atoms with Crippen LogP contribution in [0.5, 0.6) is 5.75 Å². The molecular weight excluding hydrogens is 429 g/mol. The maximum atomic E-state index is 9.62. The van der Waals surface area contributed by atoms with Gasteiger partial charge >= 0.3 is 0 Å². The number of methoxy groups -OCH3 is 1. The first kappa shape index (κ1) is 21.2. The Kier molecular flexibility index (Phi) is 9.94. The van der Waals surface area contributed by atoms with E-state index < -0.39 is 0 Å². The minimum absolute atomic E-state index is 0. The van der Waals surface area contributed by atoms with Crippen molar-refractivity contribution in [2.24, 2.45) is 4.99 Å². The SMILES string of the molecule is CN=C(NCc1ccccc1OC)NCC(CO)c1ccccc1.I. The van der Waals surface area contributed by atoms with Gasteiger partial charge in [-0.1, -0.05) is 48.5 Å². The van der Waals surface area contributed by atoms with Crippen molar-refractivity contribution < 1.29 is 9.84 Å². The number of rotatable bonds is 7. The van der Waals surface area contributed by atoms with Crippen LogP contribution in [0.2, 0.25) is 0 Å². The zero-order valence-corrected chi connectivity index (χ0v) is 16.9. The van der Waals surface area contributed by atoms with Crippen molar-refractivity contribution in [3.05, 3.63) is 65.7 Å². The molecule has 0 fully saturated rings. The Balaban J connectivity index is 0.00000312. The van der Waals surface area contributed by atoms with Crippen LogP contribution in [0.4, 0.5) is 0 Å². The highest BCUT2D eigenvalue weighted by atomic mass is 127. The van der Waals surface area contributed by atoms with E-state index in [1.165, 1.54) is 0 Å². The number of hydrogen-bond donors (Lipinski definition) is 3. The van der Waals surface area contributed by atoms with Crippen molar-refractivity contribution in [3.8, 4) is 5.75 Å². The predicted octanol–water partition coefficient (Wildman–Crippen LogP) is 2.75. The molecule has 0 heterocycles. The van der Waals surface area contributed by atoms with Gasteiger partial charge in [0.05, 0.1) is 13.7 Å². The average Bonchev–Trinajstić information content (AvgIpc) is 2.65. The molecule has 0 aliphatic heterocycles. The maximum absolute atomic E-state index is 9.62. The Hall–Kier alpha value is -1.80. The molecule has 2 aromatic rings. The summed E-state index contributed by atoms with van der Waals surface area (Å²) >= 11 is 0. The van der Waals surface area contributed by atoms with Gasteiger partial charge in [-0.15, -0.1) is 24.0 Å². The quantitative estimate of drug-likeness (QED) is 0.342. The minimum Gasteiger partial charge on any atom is -0.496 e. The van der Waals surface area contributed by atoms with E-state index in [0.717, 1.165) is 16.9 Å². The lowest BCUT2D eigenvalue weighted by Gasteiger charge is -2.18. The van der Waals surface area contributed by atoms with Crippen LogP contribution in [0.3, 0.4) is 0 Å². The summed E-state index contributed by atoms with van der Waals surface area (Å²) in [5.41, 5.74) is 2.16. The zero-order valence-electron chi connectivity index (χ0n) is 14.6. The largest absolute Gasteiger partial charge is 0.496 e. The summed E-state index contributed by atoms with van der Waals surface area (Å²) in [7, 11) is 3.39. The molecule has 0 bridgehead atoms. The van der Waals surface area contributed by atoms with Crippen molar-refractivity contribution in [2.75, 3.05) is 27.3 Å². The lowest BCUT2D eigenvalue weighted by molar-refractivity contribution is 0.265. The van der Waals surface area contributed by atoms with E-state index >= 15 is 0 Å². The number of guanidine groups is 1. The maximum Gasteiger partial charge on any atom is 0.191 e. The molecule has 1 unspecified atom stereocenters. The number of aliphatic imine (C=N–C) groups is 1. The van der Waals surface area contributed by atoms with E-state index in [9.17, 15) is 5.11 Å². The molecule has 136 valence electrons. The van der Waals surface area contributed by atoms with Crippen LogP contribution in [0.1, 0.15) is 17.0 Å². The molecule has 5 nitrogen and oxygen atoms in total. The lowest BCUT2D eigenvalue weighted by Crippen LogP contribution is -2.39. The molecule has 6 heteroatoms. The molecule has 2 rings (SSSR count). The van der Waals surface area contributed by atoms with Gasteiger partial charge in [0.1, 0.15) is 5.75 Å². The highest BCUT2D eigenvalue weighted by Crippen LogP contribution is 2.16. The average molecular weight is 455 g/mol. The molecule has 0 saturated heterocycles. The molecule has 1 atom stereocenters. The van der Waals surface area contributed by atoms with Crippen LogP contribution in [0.15, 0.2) is 59.6 Å². The van der Waals surface area contributed by atoms with Crippen molar-refractivity contribution in [1.29, 1.82) is 0 Å². The normalized spacial score (nSPS) is 12.0. The number of nitrogens with one attached hydrogen (secondary N) is 2. The van der Waals surface area contributed by atoms with E-state index in [1.807, 2.05) is 54.6 Å². The van der Waals surface area contributed by atoms with Gasteiger partial charge in [-0.25, -0.2) is 0 Å². The smallest absolute Gasteiger partial charge is 0.191 e. The van der Waals surface area contributed by atoms with E-state index in [4.69, 9.17) is 4.74 Å². The van der Waals surface area contributed by atoms with Gasteiger partial charge in [0.25, 0.3) is 0 Å². The zero-order chi connectivity index (χ0) is 17.2. The Morgan fingerprint density at radius 1 is 1.08 bits per heavy atom. The summed E-state index contributed by atoms with van der Waals surface area (Å²) in [6, 6.07) is 17.8. The van der Waals surface area contributed by atoms with Crippen molar-refractivity contribution >= 4 is 29.9 Å². The van der Waals surface area contributed by atoms with Gasteiger partial charge < -0.3 is 20.5 Å². The van der Waals surface area contributed by atoms with Gasteiger partial charge in [0.2, 0.25) is 0 Å². The lowest BCUT2D eigenvalue weighted by atomic mass is 10.0. The van der Waals surface area contributed by atoms with Gasteiger partial charge in [-0.2, -0.15) is 0 Å². The molecule has 0 aliphatic carbocycles. The second-order valence-electron chi connectivity index (χ2n) is 5.41. The first-order valence-corrected chi connectivity index (χ1v) is 8.00. The van der Waals surface area contributed by atoms with Gasteiger partial charge in [-0.3, -0.25) is 4.99 Å². The molecule has 0 spiro atoms. The molecule has 3 N–H and O–H groups in total. The third-order valence-electron chi connectivity index (χ3n) is 3.87. The van der Waals surface area contributed by atoms with Crippen LogP contribution in [-0.2, 0) is 6.54 Å². The van der Waals surface area contributed by atoms with Gasteiger partial charge in [0, 0.05) is 31.6 Å². The van der Waals surface area contributed by atoms with E-state index in [1.54, 1.807) is 14.2 Å². The summed E-state index contributed by atoms with van der Waals surface area (Å²) < 4.78 is 5.35. The highest BCUT2D eigenvalue weighted by molar-refractivity contribution is 14.0. The topological polar surface area (TPSA) is 65.9 Å². The predicted molar refractivity (Wildman–Crippen MR) is 113 cm³/mol. The summed E-state index contributed by atoms with van der Waals surface area (Å²) in [5.74, 6) is 1.56. The third-order valence-corrected chi connectivity index (χ3v) is 3.87. The summed E-state index contributed by atoms with van der Waals surface area (Å²) in [4.78, 5) is 4.23. The van der Waals surface area contributed by atoms with E-state index in [2.05, 4.69) is 15.6 Å². The molecule has 0 radical (unpaired) electrons. The number of nitrogens with zero attached hydrogens (tertiary/aromatic N) is 1. The Labute approximate surface area is 166 Å². The summed E-state index contributed by atoms with van der Waals surface area (Å²) in [5, 5.41) is 16.2. The first-order valence-electron chi connectivity index (χ1n) is 8.00. The molecular formula is C19H26IN3O2. The first-order chi connectivity index (χ1) is 11.8. The molecule has 0 amide bonds. The second-order valence-corrected chi connectivity index (χ2v) is 5.41. The molecule has 0 saturated carbocycles. The summed E-state index contributed by atoms with van der Waals surface area (Å²) in [6.07, 6.45) is 0. The Bertz CT molecular complexity index is 650. The number of halogens is 1. The number of benzene rings is 2. The van der Waals surface area contributed by atoms with Crippen LogP contribution in [0.25, 0.3) is 0 Å². The molecule has 0 aliphatic rings. The minimum atomic E-state index is 0. The Morgan fingerprint density at radius 2 is 1.76 bits per heavy atom. The van der Waals surface area contributed by atoms with E-state index in [-0.39, 0.29) is 36.5 Å². The van der Waals surface area contributed by atoms with Crippen molar-refractivity contribution in [1.82, 2.24) is 10.6 Å².